The topological polar surface area (TPSA) is 58.8 Å². The molecule has 0 saturated carbocycles. The van der Waals surface area contributed by atoms with Crippen molar-refractivity contribution < 1.29 is 9.53 Å². The number of carbonyl (C=O) groups is 1. The van der Waals surface area contributed by atoms with Gasteiger partial charge in [0.05, 0.1) is 23.4 Å². The molecule has 0 unspecified atom stereocenters. The van der Waals surface area contributed by atoms with Crippen molar-refractivity contribution in [2.75, 3.05) is 45.6 Å². The molecule has 0 atom stereocenters. The molecular formula is C18H30Cl3N3O2. The number of methoxy groups -OCH3 is 1. The van der Waals surface area contributed by atoms with E-state index in [0.717, 1.165) is 26.1 Å². The summed E-state index contributed by atoms with van der Waals surface area (Å²) in [7, 11) is 1.53. The van der Waals surface area contributed by atoms with Gasteiger partial charge < -0.3 is 15.4 Å². The summed E-state index contributed by atoms with van der Waals surface area (Å²) in [4.78, 5) is 17.1. The molecule has 0 spiro atoms. The number of halogens is 3. The predicted octanol–water partition coefficient (Wildman–Crippen LogP) is 3.97. The van der Waals surface area contributed by atoms with Crippen LogP contribution in [0, 0.1) is 5.41 Å². The molecule has 1 heterocycles. The molecule has 0 bridgehead atoms. The fourth-order valence-electron chi connectivity index (χ4n) is 2.74. The Labute approximate surface area is 174 Å². The van der Waals surface area contributed by atoms with Gasteiger partial charge in [-0.15, -0.1) is 24.8 Å². The van der Waals surface area contributed by atoms with Gasteiger partial charge in [0.2, 0.25) is 0 Å². The molecule has 2 rings (SSSR count). The van der Waals surface area contributed by atoms with E-state index in [-0.39, 0.29) is 30.7 Å². The van der Waals surface area contributed by atoms with Gasteiger partial charge in [0.15, 0.2) is 0 Å². The number of benzene rings is 1. The SMILES string of the molecule is COc1cc(N)c(Cl)cc1C(=O)N1CCN(CCC(C)(C)C)CC1.Cl.Cl. The number of hydrogen-bond donors (Lipinski definition) is 1. The summed E-state index contributed by atoms with van der Waals surface area (Å²) in [5.41, 5.74) is 7.01. The standard InChI is InChI=1S/C18H28ClN3O2.2ClH/c1-18(2,3)5-6-21-7-9-22(10-8-21)17(23)13-11-14(19)15(20)12-16(13)24-4;;/h11-12H,5-10,20H2,1-4H3;2*1H. The molecule has 1 fully saturated rings. The third-order valence-corrected chi connectivity index (χ3v) is 4.71. The van der Waals surface area contributed by atoms with Crippen molar-refractivity contribution in [3.8, 4) is 5.75 Å². The van der Waals surface area contributed by atoms with Gasteiger partial charge in [-0.05, 0) is 24.4 Å². The van der Waals surface area contributed by atoms with Gasteiger partial charge in [-0.25, -0.2) is 0 Å². The number of ether oxygens (including phenoxy) is 1. The summed E-state index contributed by atoms with van der Waals surface area (Å²) in [5.74, 6) is 0.418. The minimum Gasteiger partial charge on any atom is -0.496 e. The predicted molar refractivity (Wildman–Crippen MR) is 113 cm³/mol. The summed E-state index contributed by atoms with van der Waals surface area (Å²) in [6, 6.07) is 3.21. The molecule has 0 aliphatic carbocycles. The van der Waals surface area contributed by atoms with Crippen molar-refractivity contribution in [1.29, 1.82) is 0 Å². The number of carbonyl (C=O) groups excluding carboxylic acids is 1. The van der Waals surface area contributed by atoms with E-state index in [0.29, 0.717) is 40.5 Å². The molecule has 1 saturated heterocycles. The first kappa shape index (κ1) is 25.1. The molecule has 1 aliphatic rings. The van der Waals surface area contributed by atoms with Crippen molar-refractivity contribution in [2.24, 2.45) is 5.41 Å². The average molecular weight is 427 g/mol. The summed E-state index contributed by atoms with van der Waals surface area (Å²) in [6.45, 7) is 11.1. The maximum Gasteiger partial charge on any atom is 0.257 e. The number of amides is 1. The highest BCUT2D eigenvalue weighted by Crippen LogP contribution is 2.30. The van der Waals surface area contributed by atoms with Crippen molar-refractivity contribution in [2.45, 2.75) is 27.2 Å². The number of hydrogen-bond acceptors (Lipinski definition) is 4. The van der Waals surface area contributed by atoms with Crippen LogP contribution in [0.5, 0.6) is 5.75 Å². The Kier molecular flexibility index (Phi) is 10.1. The largest absolute Gasteiger partial charge is 0.496 e. The number of anilines is 1. The summed E-state index contributed by atoms with van der Waals surface area (Å²) in [5, 5.41) is 0.378. The third kappa shape index (κ3) is 6.69. The van der Waals surface area contributed by atoms with Crippen LogP contribution in [0.4, 0.5) is 5.69 Å². The molecule has 1 aromatic rings. The van der Waals surface area contributed by atoms with Crippen LogP contribution in [0.3, 0.4) is 0 Å². The Bertz CT molecular complexity index is 598. The maximum atomic E-state index is 12.8. The van der Waals surface area contributed by atoms with Crippen LogP contribution in [-0.2, 0) is 0 Å². The molecule has 5 nitrogen and oxygen atoms in total. The van der Waals surface area contributed by atoms with Gasteiger partial charge >= 0.3 is 0 Å². The molecule has 1 aliphatic heterocycles. The zero-order chi connectivity index (χ0) is 17.9. The van der Waals surface area contributed by atoms with E-state index in [1.165, 1.54) is 7.11 Å². The maximum absolute atomic E-state index is 12.8. The van der Waals surface area contributed by atoms with E-state index >= 15 is 0 Å². The Morgan fingerprint density at radius 1 is 1.19 bits per heavy atom. The molecule has 0 radical (unpaired) electrons. The number of nitrogens with two attached hydrogens (primary N) is 1. The fourth-order valence-corrected chi connectivity index (χ4v) is 2.91. The van der Waals surface area contributed by atoms with Crippen LogP contribution in [0.2, 0.25) is 5.02 Å². The fraction of sp³-hybridized carbons (Fsp3) is 0.611. The number of nitrogen functional groups attached to an aromatic ring is 1. The van der Waals surface area contributed by atoms with Crippen LogP contribution in [0.1, 0.15) is 37.6 Å². The minimum absolute atomic E-state index is 0. The van der Waals surface area contributed by atoms with Gasteiger partial charge in [0.25, 0.3) is 5.91 Å². The molecule has 0 aromatic heterocycles. The first-order valence-electron chi connectivity index (χ1n) is 8.36. The van der Waals surface area contributed by atoms with Gasteiger partial charge in [0.1, 0.15) is 5.75 Å². The summed E-state index contributed by atoms with van der Waals surface area (Å²) >= 11 is 6.07. The lowest BCUT2D eigenvalue weighted by atomic mass is 9.92. The minimum atomic E-state index is -0.0516. The highest BCUT2D eigenvalue weighted by atomic mass is 35.5. The second-order valence-corrected chi connectivity index (χ2v) is 7.93. The van der Waals surface area contributed by atoms with Crippen LogP contribution in [0.25, 0.3) is 0 Å². The Morgan fingerprint density at radius 2 is 1.77 bits per heavy atom. The van der Waals surface area contributed by atoms with Crippen LogP contribution >= 0.6 is 36.4 Å². The first-order valence-corrected chi connectivity index (χ1v) is 8.74. The van der Waals surface area contributed by atoms with Crippen molar-refractivity contribution in [3.63, 3.8) is 0 Å². The summed E-state index contributed by atoms with van der Waals surface area (Å²) < 4.78 is 5.29. The van der Waals surface area contributed by atoms with Crippen LogP contribution in [0.15, 0.2) is 12.1 Å². The van der Waals surface area contributed by atoms with Crippen molar-refractivity contribution in [3.05, 3.63) is 22.7 Å². The lowest BCUT2D eigenvalue weighted by Gasteiger charge is -2.36. The Morgan fingerprint density at radius 3 is 2.27 bits per heavy atom. The van der Waals surface area contributed by atoms with Crippen LogP contribution in [-0.4, -0.2) is 55.5 Å². The zero-order valence-electron chi connectivity index (χ0n) is 15.9. The normalized spacial score (nSPS) is 15.0. The summed E-state index contributed by atoms with van der Waals surface area (Å²) in [6.07, 6.45) is 1.16. The van der Waals surface area contributed by atoms with E-state index in [1.54, 1.807) is 12.1 Å². The van der Waals surface area contributed by atoms with Crippen molar-refractivity contribution in [1.82, 2.24) is 9.80 Å². The zero-order valence-corrected chi connectivity index (χ0v) is 18.3. The highest BCUT2D eigenvalue weighted by molar-refractivity contribution is 6.33. The van der Waals surface area contributed by atoms with Gasteiger partial charge in [-0.2, -0.15) is 0 Å². The van der Waals surface area contributed by atoms with E-state index < -0.39 is 0 Å². The Hall–Kier alpha value is -0.880. The molecule has 2 N–H and O–H groups in total. The average Bonchev–Trinajstić information content (AvgIpc) is 2.54. The van der Waals surface area contributed by atoms with Gasteiger partial charge in [-0.3, -0.25) is 9.69 Å². The lowest BCUT2D eigenvalue weighted by molar-refractivity contribution is 0.0620. The van der Waals surface area contributed by atoms with Crippen molar-refractivity contribution >= 4 is 48.0 Å². The van der Waals surface area contributed by atoms with Gasteiger partial charge in [0, 0.05) is 32.2 Å². The second kappa shape index (κ2) is 10.5. The Balaban J connectivity index is 0.00000312. The number of nitrogens with zero attached hydrogens (tertiary/aromatic N) is 2. The van der Waals surface area contributed by atoms with Crippen LogP contribution < -0.4 is 10.5 Å². The molecule has 8 heteroatoms. The van der Waals surface area contributed by atoms with E-state index in [2.05, 4.69) is 25.7 Å². The highest BCUT2D eigenvalue weighted by Gasteiger charge is 2.25. The molecule has 1 amide bonds. The second-order valence-electron chi connectivity index (χ2n) is 7.52. The number of rotatable bonds is 4. The van der Waals surface area contributed by atoms with Gasteiger partial charge in [-0.1, -0.05) is 32.4 Å². The molecule has 26 heavy (non-hydrogen) atoms. The third-order valence-electron chi connectivity index (χ3n) is 4.39. The first-order chi connectivity index (χ1) is 11.2. The monoisotopic (exact) mass is 425 g/mol. The van der Waals surface area contributed by atoms with E-state index in [9.17, 15) is 4.79 Å². The molecule has 150 valence electrons. The molecule has 1 aromatic carbocycles. The number of piperazine rings is 1. The quantitative estimate of drug-likeness (QED) is 0.740. The smallest absolute Gasteiger partial charge is 0.257 e. The molecular weight excluding hydrogens is 397 g/mol. The van der Waals surface area contributed by atoms with E-state index in [1.807, 2.05) is 4.90 Å². The van der Waals surface area contributed by atoms with E-state index in [4.69, 9.17) is 22.1 Å². The lowest BCUT2D eigenvalue weighted by Crippen LogP contribution is -2.49.